The summed E-state index contributed by atoms with van der Waals surface area (Å²) in [5, 5.41) is 0. The fourth-order valence-electron chi connectivity index (χ4n) is 2.78. The van der Waals surface area contributed by atoms with Crippen molar-refractivity contribution in [3.05, 3.63) is 41.5 Å². The van der Waals surface area contributed by atoms with E-state index in [-0.39, 0.29) is 5.91 Å². The Morgan fingerprint density at radius 2 is 2.09 bits per heavy atom. The lowest BCUT2D eigenvalue weighted by atomic mass is 10.1. The number of aryl methyl sites for hydroxylation is 1. The number of ether oxygens (including phenoxy) is 1. The largest absolute Gasteiger partial charge is 0.497 e. The van der Waals surface area contributed by atoms with E-state index in [1.807, 2.05) is 36.9 Å². The number of rotatable bonds is 4. The van der Waals surface area contributed by atoms with Crippen LogP contribution in [-0.4, -0.2) is 55.5 Å². The second-order valence-corrected chi connectivity index (χ2v) is 5.70. The lowest BCUT2D eigenvalue weighted by molar-refractivity contribution is 0.0761. The molecule has 0 radical (unpaired) electrons. The van der Waals surface area contributed by atoms with Gasteiger partial charge in [0.05, 0.1) is 7.11 Å². The third-order valence-electron chi connectivity index (χ3n) is 4.14. The van der Waals surface area contributed by atoms with Crippen LogP contribution in [0.3, 0.4) is 0 Å². The Hall–Kier alpha value is -1.81. The Morgan fingerprint density at radius 3 is 2.77 bits per heavy atom. The van der Waals surface area contributed by atoms with Crippen LogP contribution in [0.15, 0.2) is 30.4 Å². The van der Waals surface area contributed by atoms with Crippen LogP contribution in [0, 0.1) is 6.92 Å². The zero-order valence-electron chi connectivity index (χ0n) is 13.8. The second kappa shape index (κ2) is 7.99. The highest BCUT2D eigenvalue weighted by Crippen LogP contribution is 2.19. The second-order valence-electron chi connectivity index (χ2n) is 5.70. The minimum absolute atomic E-state index is 0.132. The normalized spacial score (nSPS) is 16.8. The molecule has 120 valence electrons. The van der Waals surface area contributed by atoms with Crippen LogP contribution < -0.4 is 4.74 Å². The summed E-state index contributed by atoms with van der Waals surface area (Å²) in [5.41, 5.74) is 1.75. The number of benzene rings is 1. The number of carbonyl (C=O) groups excluding carboxylic acids is 1. The first-order valence-corrected chi connectivity index (χ1v) is 7.93. The number of allylic oxidation sites excluding steroid dienone is 1. The molecule has 0 unspecified atom stereocenters. The monoisotopic (exact) mass is 302 g/mol. The summed E-state index contributed by atoms with van der Waals surface area (Å²) in [6.07, 6.45) is 5.28. The molecule has 1 amide bonds. The summed E-state index contributed by atoms with van der Waals surface area (Å²) in [7, 11) is 1.64. The van der Waals surface area contributed by atoms with Crippen LogP contribution in [0.4, 0.5) is 0 Å². The van der Waals surface area contributed by atoms with Crippen molar-refractivity contribution >= 4 is 5.91 Å². The van der Waals surface area contributed by atoms with Gasteiger partial charge in [-0.15, -0.1) is 0 Å². The van der Waals surface area contributed by atoms with Crippen LogP contribution in [-0.2, 0) is 0 Å². The summed E-state index contributed by atoms with van der Waals surface area (Å²) >= 11 is 0. The van der Waals surface area contributed by atoms with E-state index in [2.05, 4.69) is 17.1 Å². The molecule has 0 N–H and O–H groups in total. The highest BCUT2D eigenvalue weighted by molar-refractivity contribution is 5.95. The van der Waals surface area contributed by atoms with Crippen LogP contribution in [0.5, 0.6) is 5.75 Å². The average molecular weight is 302 g/mol. The molecule has 4 heteroatoms. The van der Waals surface area contributed by atoms with Gasteiger partial charge in [0.15, 0.2) is 0 Å². The van der Waals surface area contributed by atoms with Gasteiger partial charge in [-0.1, -0.05) is 12.2 Å². The zero-order chi connectivity index (χ0) is 15.9. The van der Waals surface area contributed by atoms with E-state index in [0.29, 0.717) is 0 Å². The van der Waals surface area contributed by atoms with Crippen molar-refractivity contribution in [3.63, 3.8) is 0 Å². The topological polar surface area (TPSA) is 32.8 Å². The van der Waals surface area contributed by atoms with Gasteiger partial charge in [-0.25, -0.2) is 0 Å². The first kappa shape index (κ1) is 16.6. The molecular weight excluding hydrogens is 276 g/mol. The SMILES string of the molecule is C/C=C/CN1CCCN(C(=O)c2ccc(OC)cc2C)CC1. The Balaban J connectivity index is 2.03. The van der Waals surface area contributed by atoms with Gasteiger partial charge in [-0.3, -0.25) is 9.69 Å². The fourth-order valence-corrected chi connectivity index (χ4v) is 2.78. The lowest BCUT2D eigenvalue weighted by Crippen LogP contribution is -2.35. The lowest BCUT2D eigenvalue weighted by Gasteiger charge is -2.22. The van der Waals surface area contributed by atoms with Crippen LogP contribution >= 0.6 is 0 Å². The molecule has 0 aliphatic carbocycles. The highest BCUT2D eigenvalue weighted by atomic mass is 16.5. The molecular formula is C18H26N2O2. The molecule has 1 aromatic rings. The van der Waals surface area contributed by atoms with Crippen LogP contribution in [0.1, 0.15) is 29.3 Å². The molecule has 0 saturated carbocycles. The van der Waals surface area contributed by atoms with Gasteiger partial charge in [-0.05, 0) is 44.0 Å². The number of hydrogen-bond donors (Lipinski definition) is 0. The van der Waals surface area contributed by atoms with Crippen molar-refractivity contribution in [3.8, 4) is 5.75 Å². The molecule has 22 heavy (non-hydrogen) atoms. The molecule has 1 aromatic carbocycles. The van der Waals surface area contributed by atoms with E-state index in [1.54, 1.807) is 7.11 Å². The first-order valence-electron chi connectivity index (χ1n) is 7.93. The van der Waals surface area contributed by atoms with Crippen LogP contribution in [0.2, 0.25) is 0 Å². The maximum Gasteiger partial charge on any atom is 0.254 e. The fraction of sp³-hybridized carbons (Fsp3) is 0.500. The number of methoxy groups -OCH3 is 1. The van der Waals surface area contributed by atoms with Crippen molar-refractivity contribution in [2.45, 2.75) is 20.3 Å². The number of carbonyl (C=O) groups is 1. The van der Waals surface area contributed by atoms with Crippen molar-refractivity contribution in [2.24, 2.45) is 0 Å². The molecule has 0 aromatic heterocycles. The molecule has 0 spiro atoms. The van der Waals surface area contributed by atoms with Gasteiger partial charge < -0.3 is 9.64 Å². The predicted octanol–water partition coefficient (Wildman–Crippen LogP) is 2.73. The molecule has 4 nitrogen and oxygen atoms in total. The molecule has 1 aliphatic rings. The Labute approximate surface area is 133 Å². The number of amides is 1. The Kier molecular flexibility index (Phi) is 6.01. The van der Waals surface area contributed by atoms with Crippen molar-refractivity contribution in [1.82, 2.24) is 9.80 Å². The molecule has 2 rings (SSSR count). The standard InChI is InChI=1S/C18H26N2O2/c1-4-5-9-19-10-6-11-20(13-12-19)18(21)17-8-7-16(22-3)14-15(17)2/h4-5,7-8,14H,6,9-13H2,1-3H3/b5-4+. The molecule has 1 aliphatic heterocycles. The average Bonchev–Trinajstić information content (AvgIpc) is 2.77. The third-order valence-corrected chi connectivity index (χ3v) is 4.14. The van der Waals surface area contributed by atoms with E-state index in [4.69, 9.17) is 4.74 Å². The zero-order valence-corrected chi connectivity index (χ0v) is 13.8. The summed E-state index contributed by atoms with van der Waals surface area (Å²) < 4.78 is 5.21. The van der Waals surface area contributed by atoms with E-state index in [9.17, 15) is 4.79 Å². The third kappa shape index (κ3) is 4.10. The number of hydrogen-bond acceptors (Lipinski definition) is 3. The van der Waals surface area contributed by atoms with Crippen molar-refractivity contribution < 1.29 is 9.53 Å². The van der Waals surface area contributed by atoms with E-state index >= 15 is 0 Å². The quantitative estimate of drug-likeness (QED) is 0.802. The summed E-state index contributed by atoms with van der Waals surface area (Å²) in [6, 6.07) is 5.65. The van der Waals surface area contributed by atoms with Gasteiger partial charge in [0.1, 0.15) is 5.75 Å². The van der Waals surface area contributed by atoms with E-state index in [0.717, 1.165) is 56.0 Å². The number of nitrogens with zero attached hydrogens (tertiary/aromatic N) is 2. The summed E-state index contributed by atoms with van der Waals surface area (Å²) in [5.74, 6) is 0.926. The van der Waals surface area contributed by atoms with Crippen LogP contribution in [0.25, 0.3) is 0 Å². The first-order chi connectivity index (χ1) is 10.7. The van der Waals surface area contributed by atoms with E-state index in [1.165, 1.54) is 0 Å². The maximum absolute atomic E-state index is 12.7. The Bertz CT molecular complexity index is 540. The summed E-state index contributed by atoms with van der Waals surface area (Å²) in [6.45, 7) is 8.59. The van der Waals surface area contributed by atoms with Gasteiger partial charge in [0, 0.05) is 38.3 Å². The molecule has 0 atom stereocenters. The van der Waals surface area contributed by atoms with E-state index < -0.39 is 0 Å². The minimum Gasteiger partial charge on any atom is -0.497 e. The predicted molar refractivity (Wildman–Crippen MR) is 89.5 cm³/mol. The smallest absolute Gasteiger partial charge is 0.254 e. The van der Waals surface area contributed by atoms with Gasteiger partial charge in [-0.2, -0.15) is 0 Å². The molecule has 1 heterocycles. The molecule has 1 saturated heterocycles. The van der Waals surface area contributed by atoms with Gasteiger partial charge in [0.2, 0.25) is 0 Å². The van der Waals surface area contributed by atoms with Crippen molar-refractivity contribution in [2.75, 3.05) is 39.8 Å². The summed E-state index contributed by atoms with van der Waals surface area (Å²) in [4.78, 5) is 17.1. The maximum atomic E-state index is 12.7. The minimum atomic E-state index is 0.132. The van der Waals surface area contributed by atoms with Gasteiger partial charge in [0.25, 0.3) is 5.91 Å². The van der Waals surface area contributed by atoms with Gasteiger partial charge >= 0.3 is 0 Å². The molecule has 1 fully saturated rings. The molecule has 0 bridgehead atoms. The highest BCUT2D eigenvalue weighted by Gasteiger charge is 2.21. The van der Waals surface area contributed by atoms with Crippen molar-refractivity contribution in [1.29, 1.82) is 0 Å². The Morgan fingerprint density at radius 1 is 1.27 bits per heavy atom.